The predicted octanol–water partition coefficient (Wildman–Crippen LogP) is 3.09. The first-order valence-corrected chi connectivity index (χ1v) is 6.65. The molecule has 0 fully saturated rings. The predicted molar refractivity (Wildman–Crippen MR) is 76.6 cm³/mol. The number of hydrogen-bond acceptors (Lipinski definition) is 4. The average molecular weight is 265 g/mol. The Balaban J connectivity index is 2.58. The van der Waals surface area contributed by atoms with Gasteiger partial charge in [0.25, 0.3) is 0 Å². The molecule has 1 rings (SSSR count). The highest BCUT2D eigenvalue weighted by molar-refractivity contribution is 5.89. The molecule has 0 spiro atoms. The lowest BCUT2D eigenvalue weighted by atomic mass is 10.1. The van der Waals surface area contributed by atoms with Gasteiger partial charge >= 0.3 is 5.97 Å². The smallest absolute Gasteiger partial charge is 0.338 e. The van der Waals surface area contributed by atoms with Crippen molar-refractivity contribution in [2.24, 2.45) is 0 Å². The standard InChI is InChI=1S/C15H23NO3/c1-5-10-19-15(17)13-6-8-14(9-7-13)16-11(2)12(3)18-4/h6-9,11-12,16H,5,10H2,1-4H3. The van der Waals surface area contributed by atoms with E-state index in [2.05, 4.69) is 12.2 Å². The van der Waals surface area contributed by atoms with Crippen LogP contribution in [0.4, 0.5) is 5.69 Å². The van der Waals surface area contributed by atoms with Crippen molar-refractivity contribution >= 4 is 11.7 Å². The Kier molecular flexibility index (Phi) is 6.36. The van der Waals surface area contributed by atoms with E-state index in [4.69, 9.17) is 9.47 Å². The number of esters is 1. The summed E-state index contributed by atoms with van der Waals surface area (Å²) < 4.78 is 10.3. The molecule has 1 N–H and O–H groups in total. The molecular weight excluding hydrogens is 242 g/mol. The molecule has 0 bridgehead atoms. The number of benzene rings is 1. The van der Waals surface area contributed by atoms with Gasteiger partial charge in [-0.25, -0.2) is 4.79 Å². The molecule has 0 aliphatic rings. The number of methoxy groups -OCH3 is 1. The van der Waals surface area contributed by atoms with E-state index in [0.29, 0.717) is 12.2 Å². The van der Waals surface area contributed by atoms with Crippen LogP contribution in [0, 0.1) is 0 Å². The number of carbonyl (C=O) groups excluding carboxylic acids is 1. The molecule has 4 heteroatoms. The topological polar surface area (TPSA) is 47.6 Å². The van der Waals surface area contributed by atoms with Crippen LogP contribution in [-0.4, -0.2) is 31.8 Å². The van der Waals surface area contributed by atoms with Crippen molar-refractivity contribution in [3.8, 4) is 0 Å². The molecule has 2 atom stereocenters. The van der Waals surface area contributed by atoms with E-state index in [-0.39, 0.29) is 18.1 Å². The van der Waals surface area contributed by atoms with Crippen LogP contribution in [0.5, 0.6) is 0 Å². The van der Waals surface area contributed by atoms with E-state index in [1.165, 1.54) is 0 Å². The van der Waals surface area contributed by atoms with E-state index in [1.807, 2.05) is 26.0 Å². The van der Waals surface area contributed by atoms with Crippen molar-refractivity contribution in [3.63, 3.8) is 0 Å². The second-order valence-electron chi connectivity index (χ2n) is 4.59. The molecule has 0 aliphatic heterocycles. The van der Waals surface area contributed by atoms with E-state index in [1.54, 1.807) is 19.2 Å². The highest BCUT2D eigenvalue weighted by atomic mass is 16.5. The van der Waals surface area contributed by atoms with Gasteiger partial charge in [0.15, 0.2) is 0 Å². The van der Waals surface area contributed by atoms with E-state index >= 15 is 0 Å². The van der Waals surface area contributed by atoms with Crippen LogP contribution < -0.4 is 5.32 Å². The summed E-state index contributed by atoms with van der Waals surface area (Å²) in [6.45, 7) is 6.49. The Hall–Kier alpha value is -1.55. The molecule has 0 aliphatic carbocycles. The summed E-state index contributed by atoms with van der Waals surface area (Å²) in [5.41, 5.74) is 1.54. The highest BCUT2D eigenvalue weighted by Gasteiger charge is 2.11. The fourth-order valence-electron chi connectivity index (χ4n) is 1.56. The maximum absolute atomic E-state index is 11.6. The largest absolute Gasteiger partial charge is 0.462 e. The highest BCUT2D eigenvalue weighted by Crippen LogP contribution is 2.13. The van der Waals surface area contributed by atoms with Gasteiger partial charge in [-0.3, -0.25) is 0 Å². The van der Waals surface area contributed by atoms with Crippen molar-refractivity contribution in [1.29, 1.82) is 0 Å². The number of nitrogens with one attached hydrogen (secondary N) is 1. The second-order valence-corrected chi connectivity index (χ2v) is 4.59. The number of anilines is 1. The summed E-state index contributed by atoms with van der Waals surface area (Å²) in [6.07, 6.45) is 0.951. The number of carbonyl (C=O) groups is 1. The Labute approximate surface area is 115 Å². The summed E-state index contributed by atoms with van der Waals surface area (Å²) in [5, 5.41) is 3.32. The van der Waals surface area contributed by atoms with Crippen LogP contribution in [0.25, 0.3) is 0 Å². The Morgan fingerprint density at radius 1 is 1.26 bits per heavy atom. The van der Waals surface area contributed by atoms with Crippen molar-refractivity contribution < 1.29 is 14.3 Å². The van der Waals surface area contributed by atoms with Crippen molar-refractivity contribution in [3.05, 3.63) is 29.8 Å². The third-order valence-corrected chi connectivity index (χ3v) is 3.03. The van der Waals surface area contributed by atoms with Crippen molar-refractivity contribution in [2.45, 2.75) is 39.3 Å². The summed E-state index contributed by atoms with van der Waals surface area (Å²) in [5.74, 6) is -0.272. The van der Waals surface area contributed by atoms with Gasteiger partial charge < -0.3 is 14.8 Å². The minimum atomic E-state index is -0.272. The average Bonchev–Trinajstić information content (AvgIpc) is 2.44. The molecule has 2 unspecified atom stereocenters. The van der Waals surface area contributed by atoms with Crippen LogP contribution >= 0.6 is 0 Å². The molecular formula is C15H23NO3. The zero-order valence-electron chi connectivity index (χ0n) is 12.1. The van der Waals surface area contributed by atoms with Crippen LogP contribution in [-0.2, 0) is 9.47 Å². The summed E-state index contributed by atoms with van der Waals surface area (Å²) in [7, 11) is 1.69. The number of hydrogen-bond donors (Lipinski definition) is 1. The van der Waals surface area contributed by atoms with Crippen molar-refractivity contribution in [2.75, 3.05) is 19.0 Å². The lowest BCUT2D eigenvalue weighted by Gasteiger charge is -2.21. The quantitative estimate of drug-likeness (QED) is 0.770. The van der Waals surface area contributed by atoms with Crippen LogP contribution in [0.3, 0.4) is 0 Å². The number of ether oxygens (including phenoxy) is 2. The zero-order chi connectivity index (χ0) is 14.3. The van der Waals surface area contributed by atoms with Gasteiger partial charge in [0, 0.05) is 18.8 Å². The first-order chi connectivity index (χ1) is 9.08. The maximum Gasteiger partial charge on any atom is 0.338 e. The van der Waals surface area contributed by atoms with Gasteiger partial charge in [-0.15, -0.1) is 0 Å². The van der Waals surface area contributed by atoms with Crippen LogP contribution in [0.1, 0.15) is 37.6 Å². The van der Waals surface area contributed by atoms with E-state index in [9.17, 15) is 4.79 Å². The molecule has 1 aromatic carbocycles. The zero-order valence-corrected chi connectivity index (χ0v) is 12.1. The minimum absolute atomic E-state index is 0.120. The summed E-state index contributed by atoms with van der Waals surface area (Å²) >= 11 is 0. The fourth-order valence-corrected chi connectivity index (χ4v) is 1.56. The fraction of sp³-hybridized carbons (Fsp3) is 0.533. The molecule has 1 aromatic rings. The van der Waals surface area contributed by atoms with E-state index < -0.39 is 0 Å². The van der Waals surface area contributed by atoms with Gasteiger partial charge in [0.2, 0.25) is 0 Å². The van der Waals surface area contributed by atoms with Crippen LogP contribution in [0.15, 0.2) is 24.3 Å². The van der Waals surface area contributed by atoms with E-state index in [0.717, 1.165) is 12.1 Å². The second kappa shape index (κ2) is 7.79. The molecule has 4 nitrogen and oxygen atoms in total. The summed E-state index contributed by atoms with van der Waals surface area (Å²) in [6, 6.07) is 7.49. The monoisotopic (exact) mass is 265 g/mol. The Morgan fingerprint density at radius 3 is 2.42 bits per heavy atom. The van der Waals surface area contributed by atoms with Crippen molar-refractivity contribution in [1.82, 2.24) is 0 Å². The molecule has 19 heavy (non-hydrogen) atoms. The van der Waals surface area contributed by atoms with Gasteiger partial charge in [-0.1, -0.05) is 6.92 Å². The van der Waals surface area contributed by atoms with Gasteiger partial charge in [-0.05, 0) is 44.5 Å². The molecule has 0 saturated heterocycles. The normalized spacial score (nSPS) is 13.7. The van der Waals surface area contributed by atoms with Crippen LogP contribution in [0.2, 0.25) is 0 Å². The first kappa shape index (κ1) is 15.5. The SMILES string of the molecule is CCCOC(=O)c1ccc(NC(C)C(C)OC)cc1. The molecule has 0 amide bonds. The minimum Gasteiger partial charge on any atom is -0.462 e. The third kappa shape index (κ3) is 4.91. The number of rotatable bonds is 7. The third-order valence-electron chi connectivity index (χ3n) is 3.03. The Bertz CT molecular complexity index is 389. The molecule has 0 saturated carbocycles. The van der Waals surface area contributed by atoms with Gasteiger partial charge in [0.1, 0.15) is 0 Å². The van der Waals surface area contributed by atoms with Gasteiger partial charge in [-0.2, -0.15) is 0 Å². The van der Waals surface area contributed by atoms with Gasteiger partial charge in [0.05, 0.1) is 18.3 Å². The maximum atomic E-state index is 11.6. The molecule has 0 radical (unpaired) electrons. The lowest BCUT2D eigenvalue weighted by molar-refractivity contribution is 0.0505. The molecule has 106 valence electrons. The lowest BCUT2D eigenvalue weighted by Crippen LogP contribution is -2.29. The Morgan fingerprint density at radius 2 is 1.89 bits per heavy atom. The summed E-state index contributed by atoms with van der Waals surface area (Å²) in [4.78, 5) is 11.6. The molecule has 0 aromatic heterocycles. The molecule has 0 heterocycles. The first-order valence-electron chi connectivity index (χ1n) is 6.65.